The molecule has 26 heavy (non-hydrogen) atoms. The standard InChI is InChI=1S/C19H24FN3O3/c1-13(24)22-11-5-4-10-17(22)18(25)21-15-8-6-12-23(19(15)26)16-9-3-2-7-14(16)20/h2-3,7,9,15,17H,4-6,8,10-12H2,1H3,(H,21,25). The summed E-state index contributed by atoms with van der Waals surface area (Å²) < 4.78 is 14.0. The molecule has 2 aliphatic heterocycles. The Hall–Kier alpha value is -2.44. The lowest BCUT2D eigenvalue weighted by atomic mass is 9.99. The van der Waals surface area contributed by atoms with Crippen LogP contribution in [0.15, 0.2) is 24.3 Å². The van der Waals surface area contributed by atoms with Crippen molar-refractivity contribution in [2.24, 2.45) is 0 Å². The van der Waals surface area contributed by atoms with Gasteiger partial charge in [0.2, 0.25) is 17.7 Å². The van der Waals surface area contributed by atoms with Crippen molar-refractivity contribution in [3.63, 3.8) is 0 Å². The van der Waals surface area contributed by atoms with Crippen molar-refractivity contribution in [2.45, 2.75) is 51.1 Å². The molecule has 7 heteroatoms. The number of halogens is 1. The number of likely N-dealkylation sites (tertiary alicyclic amines) is 1. The summed E-state index contributed by atoms with van der Waals surface area (Å²) in [7, 11) is 0. The van der Waals surface area contributed by atoms with Crippen molar-refractivity contribution in [1.82, 2.24) is 10.2 Å². The Balaban J connectivity index is 1.71. The molecule has 2 saturated heterocycles. The number of nitrogens with one attached hydrogen (secondary N) is 1. The number of amides is 3. The Morgan fingerprint density at radius 2 is 1.88 bits per heavy atom. The molecule has 0 aromatic heterocycles. The maximum absolute atomic E-state index is 14.0. The van der Waals surface area contributed by atoms with Gasteiger partial charge in [0.1, 0.15) is 17.9 Å². The normalized spacial score (nSPS) is 23.7. The summed E-state index contributed by atoms with van der Waals surface area (Å²) in [6.45, 7) is 2.44. The van der Waals surface area contributed by atoms with E-state index in [1.54, 1.807) is 23.1 Å². The van der Waals surface area contributed by atoms with Crippen LogP contribution in [0.5, 0.6) is 0 Å². The number of benzene rings is 1. The zero-order valence-corrected chi connectivity index (χ0v) is 14.9. The van der Waals surface area contributed by atoms with E-state index in [1.165, 1.54) is 17.9 Å². The van der Waals surface area contributed by atoms with E-state index in [-0.39, 0.29) is 23.4 Å². The molecule has 0 aliphatic carbocycles. The minimum absolute atomic E-state index is 0.132. The summed E-state index contributed by atoms with van der Waals surface area (Å²) in [6.07, 6.45) is 3.55. The summed E-state index contributed by atoms with van der Waals surface area (Å²) in [5, 5.41) is 2.80. The van der Waals surface area contributed by atoms with Gasteiger partial charge < -0.3 is 15.1 Å². The lowest BCUT2D eigenvalue weighted by molar-refractivity contribution is -0.141. The largest absolute Gasteiger partial charge is 0.342 e. The van der Waals surface area contributed by atoms with Gasteiger partial charge in [0.15, 0.2) is 0 Å². The predicted molar refractivity (Wildman–Crippen MR) is 94.9 cm³/mol. The highest BCUT2D eigenvalue weighted by molar-refractivity contribution is 6.00. The quantitative estimate of drug-likeness (QED) is 0.893. The minimum atomic E-state index is -0.688. The molecule has 2 aliphatic rings. The fourth-order valence-corrected chi connectivity index (χ4v) is 3.77. The number of piperidine rings is 2. The smallest absolute Gasteiger partial charge is 0.249 e. The number of rotatable bonds is 3. The van der Waals surface area contributed by atoms with Crippen molar-refractivity contribution < 1.29 is 18.8 Å². The van der Waals surface area contributed by atoms with Crippen molar-refractivity contribution in [1.29, 1.82) is 0 Å². The van der Waals surface area contributed by atoms with E-state index in [1.807, 2.05) is 0 Å². The SMILES string of the molecule is CC(=O)N1CCCCC1C(=O)NC1CCCN(c2ccccc2F)C1=O. The summed E-state index contributed by atoms with van der Waals surface area (Å²) in [5.74, 6) is -1.19. The third-order valence-electron chi connectivity index (χ3n) is 5.11. The molecule has 3 rings (SSSR count). The maximum Gasteiger partial charge on any atom is 0.249 e. The molecule has 1 N–H and O–H groups in total. The van der Waals surface area contributed by atoms with E-state index in [0.29, 0.717) is 32.4 Å². The molecule has 1 aromatic carbocycles. The number of nitrogens with zero attached hydrogens (tertiary/aromatic N) is 2. The van der Waals surface area contributed by atoms with E-state index in [0.717, 1.165) is 12.8 Å². The molecule has 140 valence electrons. The van der Waals surface area contributed by atoms with E-state index in [4.69, 9.17) is 0 Å². The number of carbonyl (C=O) groups excluding carboxylic acids is 3. The van der Waals surface area contributed by atoms with Crippen LogP contribution in [0.3, 0.4) is 0 Å². The van der Waals surface area contributed by atoms with Crippen LogP contribution in [0.2, 0.25) is 0 Å². The number of anilines is 1. The number of para-hydroxylation sites is 1. The highest BCUT2D eigenvalue weighted by Crippen LogP contribution is 2.24. The zero-order valence-electron chi connectivity index (χ0n) is 14.9. The molecular formula is C19H24FN3O3. The molecule has 1 aromatic rings. The van der Waals surface area contributed by atoms with E-state index >= 15 is 0 Å². The zero-order chi connectivity index (χ0) is 18.7. The average Bonchev–Trinajstić information content (AvgIpc) is 2.64. The first-order chi connectivity index (χ1) is 12.5. The van der Waals surface area contributed by atoms with E-state index in [9.17, 15) is 18.8 Å². The predicted octanol–water partition coefficient (Wildman–Crippen LogP) is 1.84. The second-order valence-corrected chi connectivity index (χ2v) is 6.87. The van der Waals surface area contributed by atoms with Gasteiger partial charge in [0.25, 0.3) is 0 Å². The molecule has 2 unspecified atom stereocenters. The van der Waals surface area contributed by atoms with Gasteiger partial charge in [0, 0.05) is 20.0 Å². The van der Waals surface area contributed by atoms with Crippen LogP contribution in [0, 0.1) is 5.82 Å². The van der Waals surface area contributed by atoms with Crippen LogP contribution in [0.4, 0.5) is 10.1 Å². The van der Waals surface area contributed by atoms with Crippen molar-refractivity contribution in [3.8, 4) is 0 Å². The Morgan fingerprint density at radius 3 is 2.62 bits per heavy atom. The first-order valence-electron chi connectivity index (χ1n) is 9.12. The Labute approximate surface area is 152 Å². The topological polar surface area (TPSA) is 69.7 Å². The summed E-state index contributed by atoms with van der Waals surface area (Å²) in [6, 6.07) is 4.92. The summed E-state index contributed by atoms with van der Waals surface area (Å²) >= 11 is 0. The van der Waals surface area contributed by atoms with Crippen LogP contribution in [-0.2, 0) is 14.4 Å². The molecule has 2 fully saturated rings. The molecule has 2 heterocycles. The van der Waals surface area contributed by atoms with Gasteiger partial charge in [-0.3, -0.25) is 14.4 Å². The summed E-state index contributed by atoms with van der Waals surface area (Å²) in [4.78, 5) is 40.2. The van der Waals surface area contributed by atoms with E-state index in [2.05, 4.69) is 5.32 Å². The van der Waals surface area contributed by atoms with E-state index < -0.39 is 17.9 Å². The molecule has 0 spiro atoms. The Kier molecular flexibility index (Phi) is 5.54. The van der Waals surface area contributed by atoms with Crippen LogP contribution in [-0.4, -0.2) is 47.8 Å². The number of hydrogen-bond donors (Lipinski definition) is 1. The number of carbonyl (C=O) groups is 3. The van der Waals surface area contributed by atoms with Gasteiger partial charge >= 0.3 is 0 Å². The molecule has 3 amide bonds. The maximum atomic E-state index is 14.0. The molecular weight excluding hydrogens is 337 g/mol. The van der Waals surface area contributed by atoms with Gasteiger partial charge in [-0.1, -0.05) is 12.1 Å². The molecule has 6 nitrogen and oxygen atoms in total. The summed E-state index contributed by atoms with van der Waals surface area (Å²) in [5.41, 5.74) is 0.236. The molecule has 0 saturated carbocycles. The van der Waals surface area contributed by atoms with Gasteiger partial charge in [-0.05, 0) is 44.2 Å². The Bertz CT molecular complexity index is 709. The lowest BCUT2D eigenvalue weighted by Crippen LogP contribution is -2.58. The molecule has 0 bridgehead atoms. The Morgan fingerprint density at radius 1 is 1.12 bits per heavy atom. The van der Waals surface area contributed by atoms with Crippen molar-refractivity contribution >= 4 is 23.4 Å². The minimum Gasteiger partial charge on any atom is -0.342 e. The van der Waals surface area contributed by atoms with Crippen LogP contribution >= 0.6 is 0 Å². The van der Waals surface area contributed by atoms with Gasteiger partial charge in [-0.2, -0.15) is 0 Å². The van der Waals surface area contributed by atoms with Crippen LogP contribution in [0.25, 0.3) is 0 Å². The van der Waals surface area contributed by atoms with Crippen LogP contribution < -0.4 is 10.2 Å². The number of hydrogen-bond acceptors (Lipinski definition) is 3. The fraction of sp³-hybridized carbons (Fsp3) is 0.526. The third kappa shape index (κ3) is 3.71. The van der Waals surface area contributed by atoms with Crippen molar-refractivity contribution in [2.75, 3.05) is 18.0 Å². The molecule has 0 radical (unpaired) electrons. The first-order valence-corrected chi connectivity index (χ1v) is 9.12. The van der Waals surface area contributed by atoms with Crippen LogP contribution in [0.1, 0.15) is 39.0 Å². The highest BCUT2D eigenvalue weighted by Gasteiger charge is 2.36. The average molecular weight is 361 g/mol. The molecule has 2 atom stereocenters. The third-order valence-corrected chi connectivity index (χ3v) is 5.11. The monoisotopic (exact) mass is 361 g/mol. The fourth-order valence-electron chi connectivity index (χ4n) is 3.77. The van der Waals surface area contributed by atoms with Gasteiger partial charge in [-0.25, -0.2) is 4.39 Å². The highest BCUT2D eigenvalue weighted by atomic mass is 19.1. The first kappa shape index (κ1) is 18.4. The second-order valence-electron chi connectivity index (χ2n) is 6.87. The second kappa shape index (κ2) is 7.85. The van der Waals surface area contributed by atoms with Gasteiger partial charge in [0.05, 0.1) is 5.69 Å². The lowest BCUT2D eigenvalue weighted by Gasteiger charge is -2.37. The van der Waals surface area contributed by atoms with Crippen molar-refractivity contribution in [3.05, 3.63) is 30.1 Å². The van der Waals surface area contributed by atoms with Gasteiger partial charge in [-0.15, -0.1) is 0 Å².